The maximum Gasteiger partial charge on any atom is 0.163 e. The minimum atomic E-state index is -0.137. The van der Waals surface area contributed by atoms with E-state index in [0.717, 1.165) is 5.56 Å². The van der Waals surface area contributed by atoms with Crippen LogP contribution in [0.25, 0.3) is 11.1 Å². The number of Topliss-reactive ketones (excluding diaryl/α,β-unsaturated/α-hetero) is 1. The van der Waals surface area contributed by atoms with E-state index in [1.165, 1.54) is 5.56 Å². The van der Waals surface area contributed by atoms with E-state index in [-0.39, 0.29) is 5.78 Å². The molecule has 0 aliphatic carbocycles. The number of hydrogen-bond donors (Lipinski definition) is 0. The molecule has 0 saturated heterocycles. The minimum Gasteiger partial charge on any atom is -0.294 e. The minimum absolute atomic E-state index is 0.137. The summed E-state index contributed by atoms with van der Waals surface area (Å²) in [6, 6.07) is 9.57. The van der Waals surface area contributed by atoms with E-state index in [1.807, 2.05) is 29.6 Å². The Morgan fingerprint density at radius 2 is 1.79 bits per heavy atom. The zero-order valence-corrected chi connectivity index (χ0v) is 8.38. The molecule has 1 aromatic heterocycles. The lowest BCUT2D eigenvalue weighted by atomic mass is 10.1. The summed E-state index contributed by atoms with van der Waals surface area (Å²) in [4.78, 5) is 10.9. The normalized spacial score (nSPS) is 10.1. The van der Waals surface area contributed by atoms with Gasteiger partial charge in [-0.3, -0.25) is 4.79 Å². The Balaban J connectivity index is 2.36. The first kappa shape index (κ1) is 9.16. The Hall–Kier alpha value is -1.41. The summed E-state index contributed by atoms with van der Waals surface area (Å²) in [6.07, 6.45) is 0. The molecule has 0 bridgehead atoms. The Labute approximate surface area is 87.0 Å². The van der Waals surface area contributed by atoms with Gasteiger partial charge in [0.25, 0.3) is 0 Å². The largest absolute Gasteiger partial charge is 0.294 e. The first-order valence-electron chi connectivity index (χ1n) is 4.26. The van der Waals surface area contributed by atoms with Crippen molar-refractivity contribution < 1.29 is 4.79 Å². The number of carbonyl (C=O) groups is 1. The second-order valence-corrected chi connectivity index (χ2v) is 3.79. The molecule has 2 rings (SSSR count). The Kier molecular flexibility index (Phi) is 2.46. The molecule has 1 heterocycles. The first-order chi connectivity index (χ1) is 6.77. The lowest BCUT2D eigenvalue weighted by Crippen LogP contribution is -1.90. The van der Waals surface area contributed by atoms with Gasteiger partial charge in [-0.1, -0.05) is 24.3 Å². The molecule has 0 amide bonds. The van der Waals surface area contributed by atoms with Crippen LogP contribution in [-0.4, -0.2) is 5.78 Å². The van der Waals surface area contributed by atoms with E-state index in [9.17, 15) is 4.79 Å². The van der Waals surface area contributed by atoms with Crippen molar-refractivity contribution in [3.63, 3.8) is 0 Å². The van der Waals surface area contributed by atoms with Crippen molar-refractivity contribution in [2.75, 3.05) is 0 Å². The number of thiophene rings is 1. The van der Waals surface area contributed by atoms with Gasteiger partial charge in [-0.25, -0.2) is 0 Å². The summed E-state index contributed by atoms with van der Waals surface area (Å²) in [5, 5.41) is 4.12. The Morgan fingerprint density at radius 1 is 1.07 bits per heavy atom. The van der Waals surface area contributed by atoms with E-state index in [2.05, 4.69) is 18.4 Å². The molecule has 0 atom stereocenters. The Bertz CT molecular complexity index is 426. The van der Waals surface area contributed by atoms with Gasteiger partial charge in [-0.15, -0.1) is 0 Å². The second-order valence-electron chi connectivity index (χ2n) is 3.01. The van der Waals surface area contributed by atoms with Gasteiger partial charge in [0, 0.05) is 12.5 Å². The molecular formula is C12H9OS. The highest BCUT2D eigenvalue weighted by Crippen LogP contribution is 2.22. The molecule has 0 N–H and O–H groups in total. The van der Waals surface area contributed by atoms with E-state index >= 15 is 0 Å². The van der Waals surface area contributed by atoms with Gasteiger partial charge in [-0.2, -0.15) is 11.3 Å². The highest BCUT2D eigenvalue weighted by molar-refractivity contribution is 7.08. The molecule has 0 fully saturated rings. The van der Waals surface area contributed by atoms with E-state index < -0.39 is 0 Å². The van der Waals surface area contributed by atoms with Crippen LogP contribution in [0.5, 0.6) is 0 Å². The molecule has 2 heteroatoms. The fourth-order valence-electron chi connectivity index (χ4n) is 1.28. The van der Waals surface area contributed by atoms with E-state index in [4.69, 9.17) is 0 Å². The van der Waals surface area contributed by atoms with Crippen LogP contribution < -0.4 is 0 Å². The first-order valence-corrected chi connectivity index (χ1v) is 5.20. The highest BCUT2D eigenvalue weighted by Gasteiger charge is 2.00. The molecule has 0 unspecified atom stereocenters. The zero-order chi connectivity index (χ0) is 9.97. The van der Waals surface area contributed by atoms with Crippen molar-refractivity contribution in [2.24, 2.45) is 0 Å². The van der Waals surface area contributed by atoms with Crippen LogP contribution in [0.1, 0.15) is 10.4 Å². The predicted molar refractivity (Wildman–Crippen MR) is 59.4 cm³/mol. The van der Waals surface area contributed by atoms with Gasteiger partial charge in [0.1, 0.15) is 0 Å². The average Bonchev–Trinajstić information content (AvgIpc) is 2.71. The zero-order valence-electron chi connectivity index (χ0n) is 7.57. The molecule has 0 saturated carbocycles. The van der Waals surface area contributed by atoms with Crippen LogP contribution in [0, 0.1) is 6.92 Å². The van der Waals surface area contributed by atoms with E-state index in [1.54, 1.807) is 11.3 Å². The predicted octanol–water partition coefficient (Wildman–Crippen LogP) is 3.43. The number of hydrogen-bond acceptors (Lipinski definition) is 2. The highest BCUT2D eigenvalue weighted by atomic mass is 32.1. The van der Waals surface area contributed by atoms with Crippen molar-refractivity contribution in [1.29, 1.82) is 0 Å². The number of ketones is 1. The molecule has 0 spiro atoms. The third-order valence-electron chi connectivity index (χ3n) is 2.06. The van der Waals surface area contributed by atoms with Crippen LogP contribution in [0.3, 0.4) is 0 Å². The Morgan fingerprint density at radius 3 is 2.29 bits per heavy atom. The monoisotopic (exact) mass is 201 g/mol. The van der Waals surface area contributed by atoms with Crippen molar-refractivity contribution in [3.05, 3.63) is 53.6 Å². The molecule has 0 aliphatic rings. The summed E-state index contributed by atoms with van der Waals surface area (Å²) in [7, 11) is 0. The summed E-state index contributed by atoms with van der Waals surface area (Å²) in [5.41, 5.74) is 2.98. The molecule has 69 valence electrons. The van der Waals surface area contributed by atoms with Crippen LogP contribution in [0.4, 0.5) is 0 Å². The summed E-state index contributed by atoms with van der Waals surface area (Å²) >= 11 is 1.67. The van der Waals surface area contributed by atoms with Crippen LogP contribution >= 0.6 is 11.3 Å². The van der Waals surface area contributed by atoms with Gasteiger partial charge in [-0.05, 0) is 28.0 Å². The van der Waals surface area contributed by atoms with Crippen LogP contribution in [0.2, 0.25) is 0 Å². The molecule has 2 aromatic rings. The second kappa shape index (κ2) is 3.76. The standard InChI is InChI=1S/C12H9OS/c1-9(13)10-2-4-11(5-3-10)12-6-7-14-8-12/h2-8H,1H2. The van der Waals surface area contributed by atoms with Crippen molar-refractivity contribution in [2.45, 2.75) is 0 Å². The molecule has 0 aliphatic heterocycles. The molecule has 1 aromatic carbocycles. The lowest BCUT2D eigenvalue weighted by molar-refractivity contribution is 0.104. The fourth-order valence-corrected chi connectivity index (χ4v) is 1.94. The van der Waals surface area contributed by atoms with Gasteiger partial charge in [0.15, 0.2) is 5.78 Å². The quantitative estimate of drug-likeness (QED) is 0.680. The van der Waals surface area contributed by atoms with Gasteiger partial charge < -0.3 is 0 Å². The number of rotatable bonds is 2. The number of benzene rings is 1. The van der Waals surface area contributed by atoms with Crippen molar-refractivity contribution >= 4 is 17.1 Å². The van der Waals surface area contributed by atoms with Crippen LogP contribution in [0.15, 0.2) is 41.1 Å². The number of carbonyl (C=O) groups excluding carboxylic acids is 1. The molecular weight excluding hydrogens is 192 g/mol. The summed E-state index contributed by atoms with van der Waals surface area (Å²) in [6.45, 7) is 3.36. The summed E-state index contributed by atoms with van der Waals surface area (Å²) in [5.74, 6) is -0.137. The third-order valence-corrected chi connectivity index (χ3v) is 2.74. The maximum absolute atomic E-state index is 10.9. The fraction of sp³-hybridized carbons (Fsp3) is 0. The lowest BCUT2D eigenvalue weighted by Gasteiger charge is -1.98. The van der Waals surface area contributed by atoms with Gasteiger partial charge in [0.05, 0.1) is 0 Å². The van der Waals surface area contributed by atoms with Crippen LogP contribution in [-0.2, 0) is 0 Å². The van der Waals surface area contributed by atoms with E-state index in [0.29, 0.717) is 5.56 Å². The van der Waals surface area contributed by atoms with Crippen molar-refractivity contribution in [3.8, 4) is 11.1 Å². The third kappa shape index (κ3) is 1.75. The molecule has 1 radical (unpaired) electrons. The van der Waals surface area contributed by atoms with Gasteiger partial charge in [0.2, 0.25) is 0 Å². The molecule has 1 nitrogen and oxygen atoms in total. The average molecular weight is 201 g/mol. The smallest absolute Gasteiger partial charge is 0.163 e. The molecule has 14 heavy (non-hydrogen) atoms. The van der Waals surface area contributed by atoms with Crippen molar-refractivity contribution in [1.82, 2.24) is 0 Å². The topological polar surface area (TPSA) is 17.1 Å². The maximum atomic E-state index is 10.9. The van der Waals surface area contributed by atoms with Gasteiger partial charge >= 0.3 is 0 Å². The SMILES string of the molecule is [CH2]C(=O)c1ccc(-c2ccsc2)cc1. The summed E-state index contributed by atoms with van der Waals surface area (Å²) < 4.78 is 0.